The van der Waals surface area contributed by atoms with Crippen LogP contribution in [0.25, 0.3) is 10.9 Å². The highest BCUT2D eigenvalue weighted by Gasteiger charge is 2.23. The van der Waals surface area contributed by atoms with E-state index in [0.29, 0.717) is 4.88 Å². The van der Waals surface area contributed by atoms with Gasteiger partial charge in [0, 0.05) is 24.1 Å². The summed E-state index contributed by atoms with van der Waals surface area (Å²) in [5.74, 6) is -0.764. The molecular formula is C16H12N3O4S-. The molecule has 2 aromatic heterocycles. The number of nitro groups is 1. The molecule has 8 heteroatoms. The number of pyridine rings is 1. The van der Waals surface area contributed by atoms with E-state index in [1.165, 1.54) is 36.6 Å². The summed E-state index contributed by atoms with van der Waals surface area (Å²) in [5.41, 5.74) is -0.0567. The number of rotatable bonds is 4. The van der Waals surface area contributed by atoms with Crippen LogP contribution >= 0.6 is 11.3 Å². The summed E-state index contributed by atoms with van der Waals surface area (Å²) in [5, 5.41) is 28.9. The van der Waals surface area contributed by atoms with Crippen molar-refractivity contribution in [2.75, 3.05) is 0 Å². The number of carbonyl (C=O) groups is 1. The molecule has 0 saturated heterocycles. The average molecular weight is 342 g/mol. The van der Waals surface area contributed by atoms with Gasteiger partial charge in [0.05, 0.1) is 21.9 Å². The summed E-state index contributed by atoms with van der Waals surface area (Å²) in [6.45, 7) is 1.33. The average Bonchev–Trinajstić information content (AvgIpc) is 3.07. The summed E-state index contributed by atoms with van der Waals surface area (Å²) in [4.78, 5) is 27.1. The maximum atomic E-state index is 12.8. The highest BCUT2D eigenvalue weighted by atomic mass is 32.1. The fraction of sp³-hybridized carbons (Fsp3) is 0.125. The number of nitrogens with one attached hydrogen (secondary N) is 1. The SMILES string of the molecule is CC(=O)N[C@H](c1cccs1)c1cc([N+](=O)[O-])c2cccnc2c1[O-]. The molecule has 1 amide bonds. The molecule has 0 spiro atoms. The van der Waals surface area contributed by atoms with Gasteiger partial charge in [-0.1, -0.05) is 11.8 Å². The molecular weight excluding hydrogens is 330 g/mol. The maximum Gasteiger partial charge on any atom is 0.279 e. The fourth-order valence-electron chi connectivity index (χ4n) is 2.55. The third kappa shape index (κ3) is 2.79. The van der Waals surface area contributed by atoms with Crippen LogP contribution in [-0.2, 0) is 4.79 Å². The summed E-state index contributed by atoms with van der Waals surface area (Å²) in [6, 6.07) is 7.06. The molecule has 3 rings (SSSR count). The molecule has 0 radical (unpaired) electrons. The molecule has 24 heavy (non-hydrogen) atoms. The number of thiophene rings is 1. The number of amides is 1. The summed E-state index contributed by atoms with van der Waals surface area (Å²) < 4.78 is 0. The zero-order valence-electron chi connectivity index (χ0n) is 12.6. The van der Waals surface area contributed by atoms with Crippen LogP contribution < -0.4 is 10.4 Å². The van der Waals surface area contributed by atoms with E-state index in [1.54, 1.807) is 18.2 Å². The van der Waals surface area contributed by atoms with E-state index >= 15 is 0 Å². The Morgan fingerprint density at radius 2 is 2.17 bits per heavy atom. The molecule has 0 aliphatic rings. The van der Waals surface area contributed by atoms with Crippen molar-refractivity contribution in [1.82, 2.24) is 10.3 Å². The van der Waals surface area contributed by atoms with Crippen LogP contribution in [0.3, 0.4) is 0 Å². The van der Waals surface area contributed by atoms with Crippen LogP contribution in [0, 0.1) is 10.1 Å². The molecule has 0 aliphatic carbocycles. The molecule has 0 saturated carbocycles. The quantitative estimate of drug-likeness (QED) is 0.579. The Bertz CT molecular complexity index is 924. The number of hydrogen-bond acceptors (Lipinski definition) is 6. The van der Waals surface area contributed by atoms with E-state index in [9.17, 15) is 20.0 Å². The van der Waals surface area contributed by atoms with Crippen molar-refractivity contribution >= 4 is 33.8 Å². The van der Waals surface area contributed by atoms with Crippen LogP contribution in [0.4, 0.5) is 5.69 Å². The third-order valence-corrected chi connectivity index (χ3v) is 4.47. The Balaban J connectivity index is 2.29. The van der Waals surface area contributed by atoms with Crippen molar-refractivity contribution in [1.29, 1.82) is 0 Å². The molecule has 0 unspecified atom stereocenters. The number of hydrogen-bond donors (Lipinski definition) is 1. The second kappa shape index (κ2) is 6.25. The maximum absolute atomic E-state index is 12.8. The van der Waals surface area contributed by atoms with E-state index in [2.05, 4.69) is 10.3 Å². The predicted molar refractivity (Wildman–Crippen MR) is 87.8 cm³/mol. The minimum atomic E-state index is -0.750. The number of nitro benzene ring substituents is 1. The standard InChI is InChI=1S/C16H13N3O4S/c1-9(20)18-14(13-5-3-7-24-13)11-8-12(19(22)23)10-4-2-6-17-15(10)16(11)21/h2-8,14,21H,1H3,(H,18,20)/p-1/t14-/m0/s1. The number of nitrogens with zero attached hydrogens (tertiary/aromatic N) is 2. The van der Waals surface area contributed by atoms with E-state index in [0.717, 1.165) is 0 Å². The van der Waals surface area contributed by atoms with Gasteiger partial charge in [0.25, 0.3) is 5.69 Å². The lowest BCUT2D eigenvalue weighted by Gasteiger charge is -2.24. The summed E-state index contributed by atoms with van der Waals surface area (Å²) in [6.07, 6.45) is 1.41. The van der Waals surface area contributed by atoms with Gasteiger partial charge in [-0.15, -0.1) is 11.3 Å². The first-order valence-corrected chi connectivity index (χ1v) is 7.90. The Morgan fingerprint density at radius 1 is 1.38 bits per heavy atom. The van der Waals surface area contributed by atoms with Crippen molar-refractivity contribution in [2.45, 2.75) is 13.0 Å². The van der Waals surface area contributed by atoms with Crippen molar-refractivity contribution in [2.24, 2.45) is 0 Å². The van der Waals surface area contributed by atoms with Gasteiger partial charge in [-0.25, -0.2) is 0 Å². The first-order valence-electron chi connectivity index (χ1n) is 7.02. The van der Waals surface area contributed by atoms with Crippen molar-refractivity contribution in [3.63, 3.8) is 0 Å². The van der Waals surface area contributed by atoms with E-state index in [4.69, 9.17) is 0 Å². The highest BCUT2D eigenvalue weighted by molar-refractivity contribution is 7.10. The first kappa shape index (κ1) is 15.9. The minimum absolute atomic E-state index is 0.0219. The van der Waals surface area contributed by atoms with Gasteiger partial charge in [-0.05, 0) is 29.1 Å². The fourth-order valence-corrected chi connectivity index (χ4v) is 3.34. The summed E-state index contributed by atoms with van der Waals surface area (Å²) >= 11 is 1.35. The Hall–Kier alpha value is -3.00. The predicted octanol–water partition coefficient (Wildman–Crippen LogP) is 2.50. The third-order valence-electron chi connectivity index (χ3n) is 3.54. The van der Waals surface area contributed by atoms with Crippen LogP contribution in [0.5, 0.6) is 5.75 Å². The second-order valence-electron chi connectivity index (χ2n) is 5.12. The lowest BCUT2D eigenvalue weighted by molar-refractivity contribution is -0.383. The number of carbonyl (C=O) groups excluding carboxylic acids is 1. The lowest BCUT2D eigenvalue weighted by Crippen LogP contribution is -2.27. The van der Waals surface area contributed by atoms with E-state index in [-0.39, 0.29) is 28.1 Å². The van der Waals surface area contributed by atoms with Crippen LogP contribution in [0.15, 0.2) is 41.9 Å². The lowest BCUT2D eigenvalue weighted by atomic mass is 10.00. The largest absolute Gasteiger partial charge is 0.871 e. The van der Waals surface area contributed by atoms with Crippen molar-refractivity contribution < 1.29 is 14.8 Å². The Labute approximate surface area is 140 Å². The second-order valence-corrected chi connectivity index (χ2v) is 6.10. The van der Waals surface area contributed by atoms with Gasteiger partial charge in [0.1, 0.15) is 0 Å². The number of non-ortho nitro benzene ring substituents is 1. The first-order chi connectivity index (χ1) is 11.5. The van der Waals surface area contributed by atoms with Gasteiger partial charge in [-0.3, -0.25) is 19.9 Å². The van der Waals surface area contributed by atoms with E-state index in [1.807, 2.05) is 5.38 Å². The van der Waals surface area contributed by atoms with Crippen LogP contribution in [0.2, 0.25) is 0 Å². The van der Waals surface area contributed by atoms with Gasteiger partial charge in [0.2, 0.25) is 5.91 Å². The summed E-state index contributed by atoms with van der Waals surface area (Å²) in [7, 11) is 0. The zero-order valence-corrected chi connectivity index (χ0v) is 13.4. The number of fused-ring (bicyclic) bond motifs is 1. The molecule has 1 N–H and O–H groups in total. The minimum Gasteiger partial charge on any atom is -0.871 e. The number of benzene rings is 1. The van der Waals surface area contributed by atoms with Crippen LogP contribution in [0.1, 0.15) is 23.4 Å². The van der Waals surface area contributed by atoms with Gasteiger partial charge in [-0.2, -0.15) is 0 Å². The van der Waals surface area contributed by atoms with Gasteiger partial charge < -0.3 is 10.4 Å². The normalized spacial score (nSPS) is 12.0. The molecule has 1 aromatic carbocycles. The molecule has 3 aromatic rings. The molecule has 0 fully saturated rings. The highest BCUT2D eigenvalue weighted by Crippen LogP contribution is 2.38. The molecule has 0 aliphatic heterocycles. The Kier molecular flexibility index (Phi) is 4.13. The molecule has 122 valence electrons. The molecule has 1 atom stereocenters. The van der Waals surface area contributed by atoms with Crippen LogP contribution in [-0.4, -0.2) is 15.8 Å². The number of aromatic nitrogens is 1. The molecule has 0 bridgehead atoms. The zero-order chi connectivity index (χ0) is 17.3. The van der Waals surface area contributed by atoms with E-state index < -0.39 is 16.7 Å². The molecule has 7 nitrogen and oxygen atoms in total. The monoisotopic (exact) mass is 342 g/mol. The van der Waals surface area contributed by atoms with Gasteiger partial charge >= 0.3 is 0 Å². The van der Waals surface area contributed by atoms with Gasteiger partial charge in [0.15, 0.2) is 0 Å². The smallest absolute Gasteiger partial charge is 0.279 e. The van der Waals surface area contributed by atoms with Crippen molar-refractivity contribution in [3.05, 3.63) is 62.5 Å². The topological polar surface area (TPSA) is 108 Å². The Morgan fingerprint density at radius 3 is 2.79 bits per heavy atom. The van der Waals surface area contributed by atoms with Crippen molar-refractivity contribution in [3.8, 4) is 5.75 Å². The molecule has 2 heterocycles.